The Bertz CT molecular complexity index is 630. The molecule has 0 aliphatic heterocycles. The van der Waals surface area contributed by atoms with Gasteiger partial charge in [-0.3, -0.25) is 9.78 Å². The Labute approximate surface area is 129 Å². The summed E-state index contributed by atoms with van der Waals surface area (Å²) in [6.45, 7) is 4.23. The average molecular weight is 304 g/mol. The highest BCUT2D eigenvalue weighted by Gasteiger charge is 2.07. The normalized spacial score (nSPS) is 12.0. The zero-order chi connectivity index (χ0) is 15.2. The number of rotatable bonds is 5. The topological polar surface area (TPSA) is 54.0 Å². The van der Waals surface area contributed by atoms with Crippen LogP contribution in [-0.4, -0.2) is 10.9 Å². The molecule has 1 heterocycles. The van der Waals surface area contributed by atoms with Gasteiger partial charge in [0.1, 0.15) is 0 Å². The molecule has 0 bridgehead atoms. The molecule has 1 aromatic carbocycles. The van der Waals surface area contributed by atoms with Crippen molar-refractivity contribution in [3.8, 4) is 0 Å². The third-order valence-electron chi connectivity index (χ3n) is 3.16. The highest BCUT2D eigenvalue weighted by Crippen LogP contribution is 2.19. The van der Waals surface area contributed by atoms with Gasteiger partial charge in [0.25, 0.3) is 0 Å². The second-order valence-corrected chi connectivity index (χ2v) is 5.28. The Morgan fingerprint density at radius 2 is 2.19 bits per heavy atom. The van der Waals surface area contributed by atoms with E-state index in [0.29, 0.717) is 11.6 Å². The molecule has 0 fully saturated rings. The van der Waals surface area contributed by atoms with Crippen LogP contribution in [0, 0.1) is 0 Å². The molecule has 1 atom stereocenters. The summed E-state index contributed by atoms with van der Waals surface area (Å²) in [6, 6.07) is 9.83. The van der Waals surface area contributed by atoms with Gasteiger partial charge < -0.3 is 10.6 Å². The molecule has 1 aromatic heterocycles. The van der Waals surface area contributed by atoms with E-state index in [-0.39, 0.29) is 11.9 Å². The van der Waals surface area contributed by atoms with Crippen molar-refractivity contribution < 1.29 is 4.79 Å². The zero-order valence-corrected chi connectivity index (χ0v) is 12.8. The summed E-state index contributed by atoms with van der Waals surface area (Å²) in [4.78, 5) is 15.1. The van der Waals surface area contributed by atoms with Crippen LogP contribution >= 0.6 is 11.6 Å². The summed E-state index contributed by atoms with van der Waals surface area (Å²) in [5, 5.41) is 6.86. The number of hydrogen-bond donors (Lipinski definition) is 2. The molecule has 5 heteroatoms. The van der Waals surface area contributed by atoms with Crippen molar-refractivity contribution in [2.24, 2.45) is 0 Å². The van der Waals surface area contributed by atoms with Crippen LogP contribution < -0.4 is 10.6 Å². The lowest BCUT2D eigenvalue weighted by molar-refractivity contribution is -0.114. The molecule has 21 heavy (non-hydrogen) atoms. The van der Waals surface area contributed by atoms with E-state index in [2.05, 4.69) is 22.5 Å². The molecule has 2 N–H and O–H groups in total. The van der Waals surface area contributed by atoms with Crippen molar-refractivity contribution in [3.63, 3.8) is 0 Å². The van der Waals surface area contributed by atoms with Gasteiger partial charge >= 0.3 is 0 Å². The van der Waals surface area contributed by atoms with Gasteiger partial charge in [-0.1, -0.05) is 23.7 Å². The van der Waals surface area contributed by atoms with Crippen molar-refractivity contribution in [1.29, 1.82) is 0 Å². The second kappa shape index (κ2) is 7.20. The number of carbonyl (C=O) groups is 1. The van der Waals surface area contributed by atoms with E-state index in [1.165, 1.54) is 6.92 Å². The number of aromatic nitrogens is 1. The minimum Gasteiger partial charge on any atom is -0.326 e. The Kier molecular flexibility index (Phi) is 5.31. The van der Waals surface area contributed by atoms with Gasteiger partial charge in [-0.05, 0) is 36.2 Å². The minimum atomic E-state index is -0.0728. The molecule has 2 aromatic rings. The van der Waals surface area contributed by atoms with Crippen LogP contribution in [0.1, 0.15) is 31.0 Å². The maximum absolute atomic E-state index is 11.1. The SMILES string of the molecule is CC(=O)Nc1cccc(C(C)NCc2ccncc2Cl)c1. The van der Waals surface area contributed by atoms with E-state index in [1.807, 2.05) is 30.3 Å². The number of hydrogen-bond acceptors (Lipinski definition) is 3. The summed E-state index contributed by atoms with van der Waals surface area (Å²) >= 11 is 6.09. The molecule has 0 saturated carbocycles. The first kappa shape index (κ1) is 15.5. The van der Waals surface area contributed by atoms with Crippen LogP contribution in [0.3, 0.4) is 0 Å². The fourth-order valence-electron chi connectivity index (χ4n) is 2.02. The first-order chi connectivity index (χ1) is 10.1. The molecule has 0 spiro atoms. The van der Waals surface area contributed by atoms with Crippen LogP contribution in [0.25, 0.3) is 0 Å². The molecular formula is C16H18ClN3O. The molecule has 110 valence electrons. The predicted octanol–water partition coefficient (Wildman–Crippen LogP) is 3.54. The fourth-order valence-corrected chi connectivity index (χ4v) is 2.20. The monoisotopic (exact) mass is 303 g/mol. The summed E-state index contributed by atoms with van der Waals surface area (Å²) in [5.41, 5.74) is 2.92. The van der Waals surface area contributed by atoms with E-state index < -0.39 is 0 Å². The van der Waals surface area contributed by atoms with Crippen LogP contribution in [0.4, 0.5) is 5.69 Å². The molecular weight excluding hydrogens is 286 g/mol. The lowest BCUT2D eigenvalue weighted by Gasteiger charge is -2.16. The van der Waals surface area contributed by atoms with Gasteiger partial charge in [-0.2, -0.15) is 0 Å². The van der Waals surface area contributed by atoms with Gasteiger partial charge in [-0.15, -0.1) is 0 Å². The second-order valence-electron chi connectivity index (χ2n) is 4.88. The van der Waals surface area contributed by atoms with Crippen molar-refractivity contribution in [2.75, 3.05) is 5.32 Å². The van der Waals surface area contributed by atoms with Crippen molar-refractivity contribution >= 4 is 23.2 Å². The number of amides is 1. The smallest absolute Gasteiger partial charge is 0.221 e. The molecule has 4 nitrogen and oxygen atoms in total. The largest absolute Gasteiger partial charge is 0.326 e. The number of carbonyl (C=O) groups excluding carboxylic acids is 1. The van der Waals surface area contributed by atoms with Crippen molar-refractivity contribution in [1.82, 2.24) is 10.3 Å². The molecule has 0 radical (unpaired) electrons. The van der Waals surface area contributed by atoms with E-state index >= 15 is 0 Å². The lowest BCUT2D eigenvalue weighted by Crippen LogP contribution is -2.18. The first-order valence-corrected chi connectivity index (χ1v) is 7.13. The van der Waals surface area contributed by atoms with Crippen LogP contribution in [0.15, 0.2) is 42.7 Å². The van der Waals surface area contributed by atoms with Gasteiger partial charge in [0.05, 0.1) is 5.02 Å². The Morgan fingerprint density at radius 3 is 2.90 bits per heavy atom. The quantitative estimate of drug-likeness (QED) is 0.888. The maximum atomic E-state index is 11.1. The van der Waals surface area contributed by atoms with Gasteiger partial charge in [0, 0.05) is 37.6 Å². The molecule has 0 saturated heterocycles. The van der Waals surface area contributed by atoms with Gasteiger partial charge in [0.2, 0.25) is 5.91 Å². The first-order valence-electron chi connectivity index (χ1n) is 6.75. The predicted molar refractivity (Wildman–Crippen MR) is 85.2 cm³/mol. The third-order valence-corrected chi connectivity index (χ3v) is 3.50. The van der Waals surface area contributed by atoms with Crippen LogP contribution in [0.2, 0.25) is 5.02 Å². The van der Waals surface area contributed by atoms with Crippen molar-refractivity contribution in [2.45, 2.75) is 26.4 Å². The molecule has 0 aliphatic carbocycles. The van der Waals surface area contributed by atoms with Gasteiger partial charge in [0.15, 0.2) is 0 Å². The van der Waals surface area contributed by atoms with Crippen LogP contribution in [-0.2, 0) is 11.3 Å². The molecule has 2 rings (SSSR count). The molecule has 0 aliphatic rings. The van der Waals surface area contributed by atoms with E-state index in [0.717, 1.165) is 16.8 Å². The van der Waals surface area contributed by atoms with E-state index in [1.54, 1.807) is 12.4 Å². The highest BCUT2D eigenvalue weighted by atomic mass is 35.5. The van der Waals surface area contributed by atoms with E-state index in [4.69, 9.17) is 11.6 Å². The number of nitrogens with zero attached hydrogens (tertiary/aromatic N) is 1. The minimum absolute atomic E-state index is 0.0728. The fraction of sp³-hybridized carbons (Fsp3) is 0.250. The van der Waals surface area contributed by atoms with Crippen molar-refractivity contribution in [3.05, 3.63) is 58.9 Å². The third kappa shape index (κ3) is 4.55. The standard InChI is InChI=1S/C16H18ClN3O/c1-11(19-9-14-6-7-18-10-16(14)17)13-4-3-5-15(8-13)20-12(2)21/h3-8,10-11,19H,9H2,1-2H3,(H,20,21). The average Bonchev–Trinajstić information content (AvgIpc) is 2.45. The lowest BCUT2D eigenvalue weighted by atomic mass is 10.1. The highest BCUT2D eigenvalue weighted by molar-refractivity contribution is 6.31. The number of benzene rings is 1. The van der Waals surface area contributed by atoms with Crippen LogP contribution in [0.5, 0.6) is 0 Å². The Balaban J connectivity index is 2.01. The molecule has 1 amide bonds. The number of nitrogens with one attached hydrogen (secondary N) is 2. The summed E-state index contributed by atoms with van der Waals surface area (Å²) in [6.07, 6.45) is 3.37. The summed E-state index contributed by atoms with van der Waals surface area (Å²) in [5.74, 6) is -0.0728. The number of halogens is 1. The Morgan fingerprint density at radius 1 is 1.38 bits per heavy atom. The van der Waals surface area contributed by atoms with E-state index in [9.17, 15) is 4.79 Å². The summed E-state index contributed by atoms with van der Waals surface area (Å²) < 4.78 is 0. The molecule has 1 unspecified atom stereocenters. The number of anilines is 1. The zero-order valence-electron chi connectivity index (χ0n) is 12.1. The maximum Gasteiger partial charge on any atom is 0.221 e. The number of pyridine rings is 1. The Hall–Kier alpha value is -1.91. The summed E-state index contributed by atoms with van der Waals surface area (Å²) in [7, 11) is 0. The van der Waals surface area contributed by atoms with Gasteiger partial charge in [-0.25, -0.2) is 0 Å².